The summed E-state index contributed by atoms with van der Waals surface area (Å²) in [6, 6.07) is 12.2. The van der Waals surface area contributed by atoms with Crippen molar-refractivity contribution in [3.05, 3.63) is 105 Å². The maximum atomic E-state index is 14.1. The van der Waals surface area contributed by atoms with Gasteiger partial charge in [0, 0.05) is 30.2 Å². The van der Waals surface area contributed by atoms with E-state index in [0.29, 0.717) is 11.1 Å². The third-order valence-corrected chi connectivity index (χ3v) is 8.23. The topological polar surface area (TPSA) is 117 Å². The largest absolute Gasteiger partial charge is 0.507 e. The Kier molecular flexibility index (Phi) is 6.11. The number of aromatic nitrogens is 1. The fraction of sp³-hybridized carbons (Fsp3) is 0.115. The molecule has 0 spiro atoms. The number of hydrogen-bond acceptors (Lipinski definition) is 6. The van der Waals surface area contributed by atoms with Crippen LogP contribution in [0.15, 0.2) is 74.9 Å². The van der Waals surface area contributed by atoms with Crippen LogP contribution in [0.25, 0.3) is 5.52 Å². The molecule has 0 aliphatic carbocycles. The molecule has 5 rings (SSSR count). The second-order valence-corrected chi connectivity index (χ2v) is 13.3. The zero-order valence-electron chi connectivity index (χ0n) is 19.9. The van der Waals surface area contributed by atoms with E-state index in [9.17, 15) is 31.3 Å². The predicted molar refractivity (Wildman–Crippen MR) is 143 cm³/mol. The molecule has 1 atom stereocenters. The quantitative estimate of drug-likeness (QED) is 0.364. The first-order valence-corrected chi connectivity index (χ1v) is 14.9. The summed E-state index contributed by atoms with van der Waals surface area (Å²) in [6.07, 6.45) is 2.40. The second-order valence-electron chi connectivity index (χ2n) is 9.11. The molecule has 0 amide bonds. The van der Waals surface area contributed by atoms with Crippen LogP contribution < -0.4 is 10.9 Å². The molecule has 0 bridgehead atoms. The highest BCUT2D eigenvalue weighted by Gasteiger charge is 2.30. The molecule has 1 aliphatic heterocycles. The van der Waals surface area contributed by atoms with Gasteiger partial charge in [0.05, 0.1) is 11.2 Å². The van der Waals surface area contributed by atoms with Crippen LogP contribution in [-0.4, -0.2) is 40.1 Å². The zero-order chi connectivity index (χ0) is 27.4. The fourth-order valence-electron chi connectivity index (χ4n) is 4.33. The maximum absolute atomic E-state index is 14.1. The van der Waals surface area contributed by atoms with Crippen molar-refractivity contribution in [1.29, 1.82) is 0 Å². The number of nitrogens with zero attached hydrogens (tertiary/aromatic N) is 2. The first kappa shape index (κ1) is 25.6. The van der Waals surface area contributed by atoms with Crippen LogP contribution in [0, 0.1) is 11.6 Å². The van der Waals surface area contributed by atoms with Crippen LogP contribution in [0.5, 0.6) is 5.75 Å². The van der Waals surface area contributed by atoms with Gasteiger partial charge in [-0.25, -0.2) is 8.78 Å². The number of pyridine rings is 2. The van der Waals surface area contributed by atoms with Crippen LogP contribution in [0.1, 0.15) is 22.3 Å². The number of hydrogen-bond donors (Lipinski definition) is 2. The molecule has 2 aromatic heterocycles. The van der Waals surface area contributed by atoms with Gasteiger partial charge in [0.15, 0.2) is 5.84 Å². The van der Waals surface area contributed by atoms with Crippen LogP contribution in [-0.2, 0) is 31.7 Å². The van der Waals surface area contributed by atoms with Gasteiger partial charge >= 0.3 is 0 Å². The van der Waals surface area contributed by atoms with Gasteiger partial charge in [-0.15, -0.1) is 4.40 Å². The van der Waals surface area contributed by atoms with Crippen molar-refractivity contribution in [1.82, 2.24) is 4.40 Å². The number of aromatic hydroxyl groups is 1. The molecule has 1 aliphatic rings. The Morgan fingerprint density at radius 2 is 1.71 bits per heavy atom. The van der Waals surface area contributed by atoms with E-state index in [-0.39, 0.29) is 33.8 Å². The van der Waals surface area contributed by atoms with E-state index in [4.69, 9.17) is 0 Å². The average molecular weight is 558 g/mol. The number of halogens is 2. The molecule has 1 unspecified atom stereocenters. The Balaban J connectivity index is 1.70. The van der Waals surface area contributed by atoms with Crippen molar-refractivity contribution >= 4 is 42.5 Å². The number of nitrogens with one attached hydrogen (secondary N) is 1. The monoisotopic (exact) mass is 557 g/mol. The predicted octanol–water partition coefficient (Wildman–Crippen LogP) is 3.28. The van der Waals surface area contributed by atoms with Gasteiger partial charge in [-0.1, -0.05) is 18.2 Å². The van der Waals surface area contributed by atoms with Crippen molar-refractivity contribution in [2.75, 3.05) is 11.6 Å². The van der Waals surface area contributed by atoms with Crippen LogP contribution in [0.2, 0.25) is 0 Å². The summed E-state index contributed by atoms with van der Waals surface area (Å²) in [5, 5.41) is 14.0. The van der Waals surface area contributed by atoms with E-state index in [2.05, 4.69) is 15.6 Å². The minimum Gasteiger partial charge on any atom is -0.507 e. The van der Waals surface area contributed by atoms with Crippen LogP contribution in [0.3, 0.4) is 0 Å². The Bertz CT molecular complexity index is 1930. The molecule has 0 saturated carbocycles. The number of sulfonamides is 1. The van der Waals surface area contributed by atoms with Crippen molar-refractivity contribution in [2.45, 2.75) is 17.1 Å². The highest BCUT2D eigenvalue weighted by molar-refractivity contribution is 7.98. The lowest BCUT2D eigenvalue weighted by atomic mass is 10.00. The molecule has 3 heterocycles. The SMILES string of the molecule is C=S(C)(=O)Cc1ccc2c(c1)S(=O)(=O)N=C(c1c(O)c(Cc3ccc(F)cc3)c3ccc(F)cn3c1=O)N2. The fourth-order valence-corrected chi connectivity index (χ4v) is 6.39. The van der Waals surface area contributed by atoms with Gasteiger partial charge < -0.3 is 10.4 Å². The van der Waals surface area contributed by atoms with E-state index in [1.807, 2.05) is 0 Å². The van der Waals surface area contributed by atoms with Crippen molar-refractivity contribution in [2.24, 2.45) is 4.40 Å². The molecule has 4 aromatic rings. The third kappa shape index (κ3) is 4.79. The zero-order valence-corrected chi connectivity index (χ0v) is 21.6. The molecule has 8 nitrogen and oxygen atoms in total. The summed E-state index contributed by atoms with van der Waals surface area (Å²) in [5.74, 6) is 1.46. The highest BCUT2D eigenvalue weighted by atomic mass is 32.2. The lowest BCUT2D eigenvalue weighted by Crippen LogP contribution is -2.31. The van der Waals surface area contributed by atoms with Crippen LogP contribution in [0.4, 0.5) is 14.5 Å². The summed E-state index contributed by atoms with van der Waals surface area (Å²) >= 11 is 0. The maximum Gasteiger partial charge on any atom is 0.286 e. The molecule has 196 valence electrons. The average Bonchev–Trinajstić information content (AvgIpc) is 2.82. The van der Waals surface area contributed by atoms with Crippen molar-refractivity contribution in [3.63, 3.8) is 0 Å². The molecule has 0 fully saturated rings. The lowest BCUT2D eigenvalue weighted by Gasteiger charge is -2.21. The van der Waals surface area contributed by atoms with Crippen LogP contribution >= 0.6 is 0 Å². The Morgan fingerprint density at radius 1 is 1.05 bits per heavy atom. The summed E-state index contributed by atoms with van der Waals surface area (Å²) in [7, 11) is -6.79. The van der Waals surface area contributed by atoms with Gasteiger partial charge in [-0.2, -0.15) is 8.42 Å². The molecule has 2 aromatic carbocycles. The normalized spacial score (nSPS) is 15.8. The molecular weight excluding hydrogens is 536 g/mol. The standard InChI is InChI=1S/C26H21F2N3O5S2/c1-37(2,34)14-16-5-9-20-22(12-16)38(35,36)30-25(29-20)23-24(32)19(11-15-3-6-17(27)7-4-15)21-10-8-18(28)13-31(21)26(23)33/h3-10,12-13,32H,1,11,14H2,2H3,(H,29,30). The van der Waals surface area contributed by atoms with E-state index in [1.165, 1.54) is 48.7 Å². The molecule has 0 radical (unpaired) electrons. The smallest absolute Gasteiger partial charge is 0.286 e. The van der Waals surface area contributed by atoms with E-state index in [1.54, 1.807) is 6.07 Å². The Morgan fingerprint density at radius 3 is 2.39 bits per heavy atom. The number of fused-ring (bicyclic) bond motifs is 2. The molecular formula is C26H21F2N3O5S2. The lowest BCUT2D eigenvalue weighted by molar-refractivity contribution is 0.467. The van der Waals surface area contributed by atoms with Gasteiger partial charge in [0.2, 0.25) is 0 Å². The minimum absolute atomic E-state index is 0.0237. The summed E-state index contributed by atoms with van der Waals surface area (Å²) in [6.45, 7) is 0. The highest BCUT2D eigenvalue weighted by Crippen LogP contribution is 2.33. The first-order chi connectivity index (χ1) is 17.8. The molecule has 38 heavy (non-hydrogen) atoms. The number of amidine groups is 1. The number of rotatable bonds is 5. The first-order valence-electron chi connectivity index (χ1n) is 11.2. The summed E-state index contributed by atoms with van der Waals surface area (Å²) < 4.78 is 70.6. The minimum atomic E-state index is -4.35. The third-order valence-electron chi connectivity index (χ3n) is 5.97. The van der Waals surface area contributed by atoms with E-state index >= 15 is 0 Å². The van der Waals surface area contributed by atoms with E-state index < -0.39 is 53.9 Å². The van der Waals surface area contributed by atoms with Gasteiger partial charge in [-0.05, 0) is 62.9 Å². The Labute approximate surface area is 217 Å². The second kappa shape index (κ2) is 9.07. The number of benzene rings is 2. The molecule has 12 heteroatoms. The van der Waals surface area contributed by atoms with Crippen molar-refractivity contribution in [3.8, 4) is 5.75 Å². The van der Waals surface area contributed by atoms with Crippen molar-refractivity contribution < 1.29 is 26.5 Å². The molecule has 2 N–H and O–H groups in total. The summed E-state index contributed by atoms with van der Waals surface area (Å²) in [4.78, 5) is 13.2. The van der Waals surface area contributed by atoms with Gasteiger partial charge in [0.1, 0.15) is 27.8 Å². The van der Waals surface area contributed by atoms with Gasteiger partial charge in [0.25, 0.3) is 15.6 Å². The molecule has 0 saturated heterocycles. The summed E-state index contributed by atoms with van der Waals surface area (Å²) in [5.41, 5.74) is 0.140. The van der Waals surface area contributed by atoms with E-state index in [0.717, 1.165) is 16.7 Å². The van der Waals surface area contributed by atoms with Gasteiger partial charge in [-0.3, -0.25) is 13.4 Å². The Hall–Kier alpha value is -4.03. The number of anilines is 1.